The highest BCUT2D eigenvalue weighted by molar-refractivity contribution is 7.93. The van der Waals surface area contributed by atoms with E-state index in [0.717, 1.165) is 0 Å². The normalized spacial score (nSPS) is 17.0. The molecule has 1 unspecified atom stereocenters. The summed E-state index contributed by atoms with van der Waals surface area (Å²) in [5, 5.41) is 10.3. The predicted octanol–water partition coefficient (Wildman–Crippen LogP) is 5.56. The second kappa shape index (κ2) is 10.6. The number of ketones is 2. The first-order valence-corrected chi connectivity index (χ1v) is 14.0. The highest BCUT2D eigenvalue weighted by Gasteiger charge is 2.60. The van der Waals surface area contributed by atoms with Crippen molar-refractivity contribution in [3.8, 4) is 6.07 Å². The van der Waals surface area contributed by atoms with E-state index in [-0.39, 0.29) is 38.4 Å². The fraction of sp³-hybridized carbons (Fsp3) is 0.0606. The number of Topliss-reactive ketones (excluding diaryl/α,β-unsaturated/α-hetero) is 2. The van der Waals surface area contributed by atoms with Crippen LogP contribution in [0.5, 0.6) is 0 Å². The smallest absolute Gasteiger partial charge is 0.193 e. The molecule has 6 nitrogen and oxygen atoms in total. The number of allylic oxidation sites excluding steroid dienone is 1. The number of hydrogen-bond donors (Lipinski definition) is 1. The van der Waals surface area contributed by atoms with E-state index in [2.05, 4.69) is 6.07 Å². The first-order chi connectivity index (χ1) is 19.3. The molecule has 5 rings (SSSR count). The molecule has 4 aromatic rings. The molecule has 1 aliphatic rings. The Morgan fingerprint density at radius 1 is 0.725 bits per heavy atom. The molecule has 7 heteroatoms. The standard InChI is InChI=1S/C33H24N2O4S/c34-22-27-29(24-15-7-2-8-16-24)33(21-28(36)23-13-5-1-6-14-23,40(38,39)26-19-11-4-12-20-26)30(31(27)35)32(37)25-17-9-3-10-18-25/h1-20H,21,35H2. The summed E-state index contributed by atoms with van der Waals surface area (Å²) in [7, 11) is -4.57. The van der Waals surface area contributed by atoms with E-state index >= 15 is 0 Å². The third-order valence-electron chi connectivity index (χ3n) is 7.05. The van der Waals surface area contributed by atoms with Crippen molar-refractivity contribution >= 4 is 27.0 Å². The summed E-state index contributed by atoms with van der Waals surface area (Å²) in [5.41, 5.74) is 6.71. The Hall–Kier alpha value is -5.06. The maximum atomic E-state index is 14.9. The van der Waals surface area contributed by atoms with Crippen LogP contribution in [0.3, 0.4) is 0 Å². The lowest BCUT2D eigenvalue weighted by atomic mass is 9.81. The van der Waals surface area contributed by atoms with Gasteiger partial charge in [-0.1, -0.05) is 109 Å². The highest BCUT2D eigenvalue weighted by Crippen LogP contribution is 2.54. The summed E-state index contributed by atoms with van der Waals surface area (Å²) < 4.78 is 27.6. The fourth-order valence-corrected chi connectivity index (χ4v) is 7.43. The third kappa shape index (κ3) is 4.25. The lowest BCUT2D eigenvalue weighted by molar-refractivity contribution is 0.0973. The average molecular weight is 545 g/mol. The van der Waals surface area contributed by atoms with Crippen molar-refractivity contribution in [3.63, 3.8) is 0 Å². The van der Waals surface area contributed by atoms with Crippen molar-refractivity contribution in [2.75, 3.05) is 0 Å². The highest BCUT2D eigenvalue weighted by atomic mass is 32.2. The van der Waals surface area contributed by atoms with E-state index in [1.165, 1.54) is 12.1 Å². The maximum absolute atomic E-state index is 14.9. The van der Waals surface area contributed by atoms with Crippen molar-refractivity contribution in [1.82, 2.24) is 0 Å². The molecule has 0 aromatic heterocycles. The minimum atomic E-state index is -4.57. The molecule has 0 bridgehead atoms. The summed E-state index contributed by atoms with van der Waals surface area (Å²) in [6, 6.07) is 34.5. The molecule has 4 aromatic carbocycles. The Kier molecular flexibility index (Phi) is 7.03. The maximum Gasteiger partial charge on any atom is 0.193 e. The van der Waals surface area contributed by atoms with Crippen molar-refractivity contribution in [2.45, 2.75) is 16.1 Å². The number of carbonyl (C=O) groups excluding carboxylic acids is 2. The van der Waals surface area contributed by atoms with E-state index in [0.29, 0.717) is 5.56 Å². The molecule has 0 saturated carbocycles. The van der Waals surface area contributed by atoms with Gasteiger partial charge in [-0.05, 0) is 17.7 Å². The minimum Gasteiger partial charge on any atom is -0.397 e. The van der Waals surface area contributed by atoms with Crippen LogP contribution in [0.2, 0.25) is 0 Å². The van der Waals surface area contributed by atoms with E-state index in [1.54, 1.807) is 109 Å². The van der Waals surface area contributed by atoms with Gasteiger partial charge in [0.25, 0.3) is 0 Å². The van der Waals surface area contributed by atoms with Crippen LogP contribution in [0, 0.1) is 11.3 Å². The van der Waals surface area contributed by atoms with Crippen LogP contribution in [0.15, 0.2) is 143 Å². The summed E-state index contributed by atoms with van der Waals surface area (Å²) in [4.78, 5) is 28.1. The number of hydrogen-bond acceptors (Lipinski definition) is 6. The van der Waals surface area contributed by atoms with Gasteiger partial charge < -0.3 is 5.73 Å². The number of nitrogens with two attached hydrogens (primary N) is 1. The van der Waals surface area contributed by atoms with Crippen molar-refractivity contribution in [1.29, 1.82) is 5.26 Å². The lowest BCUT2D eigenvalue weighted by Gasteiger charge is -2.34. The van der Waals surface area contributed by atoms with Gasteiger partial charge >= 0.3 is 0 Å². The molecule has 0 heterocycles. The van der Waals surface area contributed by atoms with E-state index in [4.69, 9.17) is 5.73 Å². The third-order valence-corrected chi connectivity index (χ3v) is 9.41. The van der Waals surface area contributed by atoms with Gasteiger partial charge in [0.15, 0.2) is 21.4 Å². The second-order valence-electron chi connectivity index (χ2n) is 9.32. The molecule has 2 N–H and O–H groups in total. The molecular formula is C33H24N2O4S. The van der Waals surface area contributed by atoms with Gasteiger partial charge in [-0.2, -0.15) is 5.26 Å². The zero-order valence-corrected chi connectivity index (χ0v) is 22.1. The predicted molar refractivity (Wildman–Crippen MR) is 153 cm³/mol. The van der Waals surface area contributed by atoms with Crippen LogP contribution in [0.4, 0.5) is 0 Å². The van der Waals surface area contributed by atoms with E-state index in [1.807, 2.05) is 0 Å². The molecule has 0 saturated heterocycles. The van der Waals surface area contributed by atoms with Gasteiger partial charge in [0.1, 0.15) is 10.8 Å². The number of sulfone groups is 1. The largest absolute Gasteiger partial charge is 0.397 e. The molecular weight excluding hydrogens is 520 g/mol. The van der Waals surface area contributed by atoms with Gasteiger partial charge in [0.05, 0.1) is 21.7 Å². The summed E-state index contributed by atoms with van der Waals surface area (Å²) in [6.45, 7) is 0. The SMILES string of the molecule is N#CC1=C(c2ccccc2)C(CC(=O)c2ccccc2)(S(=O)(=O)c2ccccc2)C(C(=O)c2ccccc2)=C1N. The molecule has 1 aliphatic carbocycles. The summed E-state index contributed by atoms with van der Waals surface area (Å²) in [6.07, 6.45) is -0.641. The molecule has 0 spiro atoms. The Balaban J connectivity index is 1.91. The van der Waals surface area contributed by atoms with Gasteiger partial charge in [0, 0.05) is 23.1 Å². The van der Waals surface area contributed by atoms with Crippen molar-refractivity contribution < 1.29 is 18.0 Å². The van der Waals surface area contributed by atoms with Crippen LogP contribution in [-0.2, 0) is 9.84 Å². The number of nitrogens with zero attached hydrogens (tertiary/aromatic N) is 1. The molecule has 196 valence electrons. The van der Waals surface area contributed by atoms with Gasteiger partial charge in [-0.3, -0.25) is 9.59 Å². The Morgan fingerprint density at radius 3 is 1.73 bits per heavy atom. The first kappa shape index (κ1) is 26.5. The van der Waals surface area contributed by atoms with Gasteiger partial charge in [-0.25, -0.2) is 8.42 Å². The van der Waals surface area contributed by atoms with Crippen LogP contribution in [0.1, 0.15) is 32.7 Å². The summed E-state index contributed by atoms with van der Waals surface area (Å²) >= 11 is 0. The van der Waals surface area contributed by atoms with Gasteiger partial charge in [-0.15, -0.1) is 0 Å². The Morgan fingerprint density at radius 2 is 1.20 bits per heavy atom. The fourth-order valence-electron chi connectivity index (χ4n) is 5.24. The van der Waals surface area contributed by atoms with Crippen LogP contribution in [0.25, 0.3) is 5.57 Å². The summed E-state index contributed by atoms with van der Waals surface area (Å²) in [5.74, 6) is -1.18. The molecule has 0 aliphatic heterocycles. The minimum absolute atomic E-state index is 0.0144. The van der Waals surface area contributed by atoms with Crippen LogP contribution < -0.4 is 5.73 Å². The zero-order valence-electron chi connectivity index (χ0n) is 21.3. The number of benzene rings is 4. The molecule has 0 amide bonds. The number of nitriles is 1. The molecule has 0 fully saturated rings. The Bertz CT molecular complexity index is 1810. The molecule has 1 atom stereocenters. The molecule has 40 heavy (non-hydrogen) atoms. The van der Waals surface area contributed by atoms with Crippen LogP contribution >= 0.6 is 0 Å². The lowest BCUT2D eigenvalue weighted by Crippen LogP contribution is -2.45. The van der Waals surface area contributed by atoms with Crippen LogP contribution in [-0.4, -0.2) is 24.7 Å². The second-order valence-corrected chi connectivity index (χ2v) is 11.5. The van der Waals surface area contributed by atoms with E-state index < -0.39 is 32.6 Å². The average Bonchev–Trinajstić information content (AvgIpc) is 3.26. The Labute approximate surface area is 232 Å². The number of rotatable bonds is 8. The molecule has 0 radical (unpaired) electrons. The quantitative estimate of drug-likeness (QED) is 0.290. The van der Waals surface area contributed by atoms with Crippen molar-refractivity contribution in [3.05, 3.63) is 155 Å². The van der Waals surface area contributed by atoms with Gasteiger partial charge in [0.2, 0.25) is 0 Å². The number of carbonyl (C=O) groups is 2. The monoisotopic (exact) mass is 544 g/mol. The zero-order chi connectivity index (χ0) is 28.3. The van der Waals surface area contributed by atoms with E-state index in [9.17, 15) is 23.3 Å². The topological polar surface area (TPSA) is 118 Å². The van der Waals surface area contributed by atoms with Crippen molar-refractivity contribution in [2.24, 2.45) is 5.73 Å². The first-order valence-electron chi connectivity index (χ1n) is 12.5.